The van der Waals surface area contributed by atoms with Gasteiger partial charge in [0.15, 0.2) is 0 Å². The average molecular weight is 221 g/mol. The molecule has 16 heavy (non-hydrogen) atoms. The van der Waals surface area contributed by atoms with Gasteiger partial charge in [-0.2, -0.15) is 0 Å². The lowest BCUT2D eigenvalue weighted by atomic mass is 9.88. The molecule has 1 saturated heterocycles. The summed E-state index contributed by atoms with van der Waals surface area (Å²) in [6.07, 6.45) is 0. The number of hydrogen-bond acceptors (Lipinski definition) is 1. The van der Waals surface area contributed by atoms with Crippen LogP contribution in [0.5, 0.6) is 0 Å². The molecule has 0 spiro atoms. The van der Waals surface area contributed by atoms with E-state index in [2.05, 4.69) is 43.4 Å². The zero-order chi connectivity index (χ0) is 11.5. The summed E-state index contributed by atoms with van der Waals surface area (Å²) in [4.78, 5) is 0. The normalized spacial score (nSPS) is 25.2. The van der Waals surface area contributed by atoms with Crippen LogP contribution in [0, 0.1) is 5.92 Å². The lowest BCUT2D eigenvalue weighted by Gasteiger charge is -2.16. The molecule has 1 N–H and O–H groups in total. The van der Waals surface area contributed by atoms with E-state index in [1.165, 1.54) is 11.1 Å². The van der Waals surface area contributed by atoms with Crippen LogP contribution in [-0.4, -0.2) is 19.8 Å². The molecular formula is C14H20FN. The molecule has 0 amide bonds. The Morgan fingerprint density at radius 1 is 1.25 bits per heavy atom. The summed E-state index contributed by atoms with van der Waals surface area (Å²) < 4.78 is 12.8. The maximum atomic E-state index is 12.8. The van der Waals surface area contributed by atoms with E-state index in [1.807, 2.05) is 0 Å². The Labute approximate surface area is 97.1 Å². The molecular weight excluding hydrogens is 201 g/mol. The highest BCUT2D eigenvalue weighted by Gasteiger charge is 2.28. The van der Waals surface area contributed by atoms with Gasteiger partial charge in [0.25, 0.3) is 0 Å². The summed E-state index contributed by atoms with van der Waals surface area (Å²) in [6, 6.07) is 8.67. The number of hydrogen-bond donors (Lipinski definition) is 1. The Balaban J connectivity index is 2.15. The van der Waals surface area contributed by atoms with E-state index >= 15 is 0 Å². The molecule has 0 aromatic heterocycles. The Morgan fingerprint density at radius 2 is 1.94 bits per heavy atom. The molecule has 1 aliphatic rings. The van der Waals surface area contributed by atoms with Gasteiger partial charge in [0.05, 0.1) is 6.67 Å². The predicted molar refractivity (Wildman–Crippen MR) is 65.6 cm³/mol. The summed E-state index contributed by atoms with van der Waals surface area (Å²) in [5.74, 6) is 1.07. The van der Waals surface area contributed by atoms with Gasteiger partial charge in [0.2, 0.25) is 0 Å². The van der Waals surface area contributed by atoms with Crippen LogP contribution in [-0.2, 0) is 0 Å². The SMILES string of the molecule is CC(C)c1ccc(C2CNCC2CF)cc1. The van der Waals surface area contributed by atoms with Crippen molar-refractivity contribution in [3.63, 3.8) is 0 Å². The number of nitrogens with one attached hydrogen (secondary N) is 1. The third-order valence-corrected chi connectivity index (χ3v) is 3.57. The smallest absolute Gasteiger partial charge is 0.0941 e. The minimum absolute atomic E-state index is 0.157. The molecule has 88 valence electrons. The molecule has 1 heterocycles. The molecule has 1 aliphatic heterocycles. The van der Waals surface area contributed by atoms with Crippen LogP contribution in [0.4, 0.5) is 4.39 Å². The highest BCUT2D eigenvalue weighted by Crippen LogP contribution is 2.29. The maximum Gasteiger partial charge on any atom is 0.0941 e. The van der Waals surface area contributed by atoms with E-state index in [0.29, 0.717) is 11.8 Å². The molecule has 1 aromatic carbocycles. The minimum atomic E-state index is -0.219. The van der Waals surface area contributed by atoms with E-state index in [9.17, 15) is 4.39 Å². The first-order valence-corrected chi connectivity index (χ1v) is 6.09. The zero-order valence-electron chi connectivity index (χ0n) is 10.0. The van der Waals surface area contributed by atoms with Crippen molar-refractivity contribution < 1.29 is 4.39 Å². The quantitative estimate of drug-likeness (QED) is 0.827. The standard InChI is InChI=1S/C14H20FN/c1-10(2)11-3-5-12(6-4-11)14-9-16-8-13(14)7-15/h3-6,10,13-14,16H,7-9H2,1-2H3. The Morgan fingerprint density at radius 3 is 2.50 bits per heavy atom. The van der Waals surface area contributed by atoms with Gasteiger partial charge >= 0.3 is 0 Å². The van der Waals surface area contributed by atoms with Gasteiger partial charge in [-0.05, 0) is 17.0 Å². The fraction of sp³-hybridized carbons (Fsp3) is 0.571. The van der Waals surface area contributed by atoms with Gasteiger partial charge in [-0.1, -0.05) is 38.1 Å². The summed E-state index contributed by atoms with van der Waals surface area (Å²) in [6.45, 7) is 5.89. The van der Waals surface area contributed by atoms with E-state index in [0.717, 1.165) is 13.1 Å². The first-order valence-electron chi connectivity index (χ1n) is 6.09. The van der Waals surface area contributed by atoms with E-state index in [1.54, 1.807) is 0 Å². The predicted octanol–water partition coefficient (Wildman–Crippen LogP) is 3.08. The van der Waals surface area contributed by atoms with Crippen LogP contribution >= 0.6 is 0 Å². The lowest BCUT2D eigenvalue weighted by Crippen LogP contribution is -2.12. The molecule has 1 fully saturated rings. The highest BCUT2D eigenvalue weighted by molar-refractivity contribution is 5.28. The second-order valence-electron chi connectivity index (χ2n) is 5.00. The lowest BCUT2D eigenvalue weighted by molar-refractivity contribution is 0.358. The van der Waals surface area contributed by atoms with Crippen molar-refractivity contribution >= 4 is 0 Å². The topological polar surface area (TPSA) is 12.0 Å². The first kappa shape index (κ1) is 11.6. The Hall–Kier alpha value is -0.890. The van der Waals surface area contributed by atoms with Crippen LogP contribution in [0.2, 0.25) is 0 Å². The molecule has 2 rings (SSSR count). The van der Waals surface area contributed by atoms with E-state index < -0.39 is 0 Å². The molecule has 2 heteroatoms. The second-order valence-corrected chi connectivity index (χ2v) is 5.00. The minimum Gasteiger partial charge on any atom is -0.316 e. The van der Waals surface area contributed by atoms with Gasteiger partial charge in [0, 0.05) is 24.9 Å². The summed E-state index contributed by atoms with van der Waals surface area (Å²) >= 11 is 0. The second kappa shape index (κ2) is 4.96. The van der Waals surface area contributed by atoms with Crippen molar-refractivity contribution in [1.82, 2.24) is 5.32 Å². The molecule has 0 saturated carbocycles. The number of rotatable bonds is 3. The zero-order valence-corrected chi connectivity index (χ0v) is 10.0. The third kappa shape index (κ3) is 2.27. The maximum absolute atomic E-state index is 12.8. The third-order valence-electron chi connectivity index (χ3n) is 3.57. The largest absolute Gasteiger partial charge is 0.316 e. The number of halogens is 1. The van der Waals surface area contributed by atoms with Gasteiger partial charge in [-0.15, -0.1) is 0 Å². The van der Waals surface area contributed by atoms with Crippen LogP contribution < -0.4 is 5.32 Å². The van der Waals surface area contributed by atoms with Crippen molar-refractivity contribution in [3.8, 4) is 0 Å². The number of benzene rings is 1. The van der Waals surface area contributed by atoms with Crippen LogP contribution in [0.15, 0.2) is 24.3 Å². The Kier molecular flexibility index (Phi) is 3.59. The average Bonchev–Trinajstić information content (AvgIpc) is 2.77. The number of alkyl halides is 1. The van der Waals surface area contributed by atoms with Gasteiger partial charge in [-0.3, -0.25) is 4.39 Å². The highest BCUT2D eigenvalue weighted by atomic mass is 19.1. The summed E-state index contributed by atoms with van der Waals surface area (Å²) in [5, 5.41) is 3.27. The van der Waals surface area contributed by atoms with Crippen molar-refractivity contribution in [2.24, 2.45) is 5.92 Å². The van der Waals surface area contributed by atoms with E-state index in [-0.39, 0.29) is 12.6 Å². The molecule has 0 bridgehead atoms. The summed E-state index contributed by atoms with van der Waals surface area (Å²) in [5.41, 5.74) is 2.63. The van der Waals surface area contributed by atoms with Crippen molar-refractivity contribution in [3.05, 3.63) is 35.4 Å². The summed E-state index contributed by atoms with van der Waals surface area (Å²) in [7, 11) is 0. The van der Waals surface area contributed by atoms with Gasteiger partial charge in [0.1, 0.15) is 0 Å². The molecule has 1 nitrogen and oxygen atoms in total. The van der Waals surface area contributed by atoms with Crippen LogP contribution in [0.1, 0.15) is 36.8 Å². The van der Waals surface area contributed by atoms with Gasteiger partial charge < -0.3 is 5.32 Å². The van der Waals surface area contributed by atoms with Crippen molar-refractivity contribution in [2.45, 2.75) is 25.7 Å². The molecule has 0 radical (unpaired) electrons. The molecule has 1 aromatic rings. The molecule has 0 aliphatic carbocycles. The fourth-order valence-electron chi connectivity index (χ4n) is 2.41. The molecule has 2 atom stereocenters. The van der Waals surface area contributed by atoms with Crippen LogP contribution in [0.25, 0.3) is 0 Å². The Bertz CT molecular complexity index is 331. The fourth-order valence-corrected chi connectivity index (χ4v) is 2.41. The van der Waals surface area contributed by atoms with Crippen molar-refractivity contribution in [2.75, 3.05) is 19.8 Å². The molecule has 2 unspecified atom stereocenters. The van der Waals surface area contributed by atoms with Gasteiger partial charge in [-0.25, -0.2) is 0 Å². The van der Waals surface area contributed by atoms with Crippen LogP contribution in [0.3, 0.4) is 0 Å². The van der Waals surface area contributed by atoms with E-state index in [4.69, 9.17) is 0 Å². The van der Waals surface area contributed by atoms with Crippen molar-refractivity contribution in [1.29, 1.82) is 0 Å². The monoisotopic (exact) mass is 221 g/mol. The first-order chi connectivity index (χ1) is 7.72.